The van der Waals surface area contributed by atoms with Gasteiger partial charge >= 0.3 is 0 Å². The predicted octanol–water partition coefficient (Wildman–Crippen LogP) is 3.34. The topological polar surface area (TPSA) is 72.9 Å². The molecule has 0 amide bonds. The summed E-state index contributed by atoms with van der Waals surface area (Å²) in [5.41, 5.74) is 6.32. The summed E-state index contributed by atoms with van der Waals surface area (Å²) in [6, 6.07) is 24.7. The first-order valence-electron chi connectivity index (χ1n) is 7.92. The average Bonchev–Trinajstić information content (AvgIpc) is 2.94. The van der Waals surface area contributed by atoms with Crippen LogP contribution in [0.3, 0.4) is 0 Å². The lowest BCUT2D eigenvalue weighted by molar-refractivity contribution is 1.11. The van der Waals surface area contributed by atoms with Gasteiger partial charge in [-0.25, -0.2) is 4.98 Å². The molecular formula is C20H16N4O. The van der Waals surface area contributed by atoms with Gasteiger partial charge in [-0.15, -0.1) is 0 Å². The first kappa shape index (κ1) is 15.1. The molecule has 0 aliphatic heterocycles. The maximum Gasteiger partial charge on any atom is 0.203 e. The number of nitrogens with two attached hydrogens (primary N) is 1. The van der Waals surface area contributed by atoms with Crippen LogP contribution in [0.15, 0.2) is 83.7 Å². The molecule has 0 spiro atoms. The molecule has 3 aromatic carbocycles. The largest absolute Gasteiger partial charge is 0.321 e. The summed E-state index contributed by atoms with van der Waals surface area (Å²) in [5.74, 6) is 6.24. The molecule has 0 saturated carbocycles. The number of imidazole rings is 1. The highest BCUT2D eigenvalue weighted by Crippen LogP contribution is 2.28. The van der Waals surface area contributed by atoms with Gasteiger partial charge in [0.1, 0.15) is 5.82 Å². The Kier molecular flexibility index (Phi) is 3.76. The Morgan fingerprint density at radius 2 is 1.56 bits per heavy atom. The second kappa shape index (κ2) is 6.22. The number of rotatable bonds is 3. The molecule has 0 bridgehead atoms. The number of hydrogen-bond acceptors (Lipinski definition) is 4. The van der Waals surface area contributed by atoms with E-state index in [0.29, 0.717) is 5.69 Å². The van der Waals surface area contributed by atoms with E-state index >= 15 is 0 Å². The van der Waals surface area contributed by atoms with E-state index in [-0.39, 0.29) is 5.43 Å². The molecule has 0 aliphatic carbocycles. The number of nitrogens with one attached hydrogen (secondary N) is 1. The molecule has 0 unspecified atom stereocenters. The van der Waals surface area contributed by atoms with E-state index in [4.69, 9.17) is 10.8 Å². The fraction of sp³-hybridized carbons (Fsp3) is 0. The summed E-state index contributed by atoms with van der Waals surface area (Å²) >= 11 is 0. The third-order valence-corrected chi connectivity index (χ3v) is 4.10. The number of nitrogens with zero attached hydrogens (tertiary/aromatic N) is 2. The lowest BCUT2D eigenvalue weighted by atomic mass is 10.2. The molecule has 25 heavy (non-hydrogen) atoms. The Labute approximate surface area is 144 Å². The molecule has 0 atom stereocenters. The van der Waals surface area contributed by atoms with Crippen LogP contribution in [0.1, 0.15) is 0 Å². The Bertz CT molecular complexity index is 1100. The average molecular weight is 328 g/mol. The second-order valence-electron chi connectivity index (χ2n) is 5.64. The van der Waals surface area contributed by atoms with Crippen molar-refractivity contribution in [3.8, 4) is 17.1 Å². The first-order chi connectivity index (χ1) is 12.3. The highest BCUT2D eigenvalue weighted by Gasteiger charge is 2.13. The number of nitrogen functional groups attached to an aromatic ring is 1. The van der Waals surface area contributed by atoms with Crippen LogP contribution in [-0.2, 0) is 0 Å². The van der Waals surface area contributed by atoms with Gasteiger partial charge in [0.2, 0.25) is 5.43 Å². The number of fused-ring (bicyclic) bond motifs is 1. The fourth-order valence-electron chi connectivity index (χ4n) is 2.89. The van der Waals surface area contributed by atoms with Crippen molar-refractivity contribution >= 4 is 16.7 Å². The van der Waals surface area contributed by atoms with Gasteiger partial charge in [0.05, 0.1) is 16.7 Å². The van der Waals surface area contributed by atoms with E-state index in [1.54, 1.807) is 12.1 Å². The van der Waals surface area contributed by atoms with Crippen LogP contribution in [0.25, 0.3) is 28.1 Å². The maximum absolute atomic E-state index is 12.0. The quantitative estimate of drug-likeness (QED) is 0.447. The van der Waals surface area contributed by atoms with Gasteiger partial charge < -0.3 is 5.43 Å². The molecule has 1 aromatic heterocycles. The number of aromatic nitrogens is 2. The van der Waals surface area contributed by atoms with Crippen molar-refractivity contribution in [2.45, 2.75) is 0 Å². The molecule has 1 heterocycles. The van der Waals surface area contributed by atoms with E-state index < -0.39 is 0 Å². The van der Waals surface area contributed by atoms with E-state index in [1.165, 1.54) is 6.07 Å². The zero-order chi connectivity index (χ0) is 17.2. The SMILES string of the molecule is NNc1ccc(-n2c(-c3ccccc3)nc3ccccc32)ccc1=O. The van der Waals surface area contributed by atoms with Gasteiger partial charge in [0.25, 0.3) is 0 Å². The minimum atomic E-state index is -0.167. The van der Waals surface area contributed by atoms with Gasteiger partial charge in [-0.05, 0) is 36.4 Å². The molecule has 0 saturated heterocycles. The van der Waals surface area contributed by atoms with Gasteiger partial charge in [-0.3, -0.25) is 15.2 Å². The summed E-state index contributed by atoms with van der Waals surface area (Å²) in [6.45, 7) is 0. The van der Waals surface area contributed by atoms with Crippen molar-refractivity contribution in [2.24, 2.45) is 5.84 Å². The highest BCUT2D eigenvalue weighted by molar-refractivity contribution is 5.83. The number of benzene rings is 2. The molecule has 5 heteroatoms. The van der Waals surface area contributed by atoms with Crippen LogP contribution >= 0.6 is 0 Å². The standard InChI is InChI=1S/C20H16N4O/c21-23-17-12-10-15(11-13-19(17)25)24-18-9-5-4-8-16(18)22-20(24)14-6-2-1-3-7-14/h1-13H,21H2,(H,23,25). The number of para-hydroxylation sites is 2. The highest BCUT2D eigenvalue weighted by atomic mass is 16.1. The van der Waals surface area contributed by atoms with E-state index in [0.717, 1.165) is 28.1 Å². The minimum absolute atomic E-state index is 0.167. The van der Waals surface area contributed by atoms with Gasteiger partial charge in [0.15, 0.2) is 0 Å². The summed E-state index contributed by atoms with van der Waals surface area (Å²) in [5, 5.41) is 0. The van der Waals surface area contributed by atoms with Crippen molar-refractivity contribution in [1.29, 1.82) is 0 Å². The third kappa shape index (κ3) is 2.66. The van der Waals surface area contributed by atoms with Crippen LogP contribution in [0.4, 0.5) is 5.69 Å². The van der Waals surface area contributed by atoms with Crippen molar-refractivity contribution in [3.63, 3.8) is 0 Å². The maximum atomic E-state index is 12.0. The Morgan fingerprint density at radius 3 is 2.36 bits per heavy atom. The lowest BCUT2D eigenvalue weighted by Gasteiger charge is -2.08. The summed E-state index contributed by atoms with van der Waals surface area (Å²) in [6.07, 6.45) is 0. The molecule has 0 aliphatic rings. The Hall–Kier alpha value is -3.44. The van der Waals surface area contributed by atoms with E-state index in [9.17, 15) is 4.79 Å². The van der Waals surface area contributed by atoms with Gasteiger partial charge in [-0.2, -0.15) is 0 Å². The Morgan fingerprint density at radius 1 is 0.840 bits per heavy atom. The van der Waals surface area contributed by atoms with Gasteiger partial charge in [0, 0.05) is 11.3 Å². The zero-order valence-corrected chi connectivity index (χ0v) is 13.4. The smallest absolute Gasteiger partial charge is 0.203 e. The zero-order valence-electron chi connectivity index (χ0n) is 13.4. The molecule has 3 N–H and O–H groups in total. The molecule has 4 aromatic rings. The predicted molar refractivity (Wildman–Crippen MR) is 101 cm³/mol. The van der Waals surface area contributed by atoms with Crippen LogP contribution in [-0.4, -0.2) is 9.55 Å². The molecular weight excluding hydrogens is 312 g/mol. The van der Waals surface area contributed by atoms with Gasteiger partial charge in [-0.1, -0.05) is 42.5 Å². The van der Waals surface area contributed by atoms with Crippen molar-refractivity contribution < 1.29 is 0 Å². The number of hydrogen-bond donors (Lipinski definition) is 2. The summed E-state index contributed by atoms with van der Waals surface area (Å²) < 4.78 is 2.05. The number of hydrazine groups is 1. The molecule has 0 fully saturated rings. The summed E-state index contributed by atoms with van der Waals surface area (Å²) in [4.78, 5) is 16.8. The number of anilines is 1. The molecule has 0 radical (unpaired) electrons. The van der Waals surface area contributed by atoms with Crippen LogP contribution in [0.5, 0.6) is 0 Å². The third-order valence-electron chi connectivity index (χ3n) is 4.10. The second-order valence-corrected chi connectivity index (χ2v) is 5.64. The van der Waals surface area contributed by atoms with Crippen molar-refractivity contribution in [1.82, 2.24) is 9.55 Å². The van der Waals surface area contributed by atoms with E-state index in [2.05, 4.69) is 5.43 Å². The van der Waals surface area contributed by atoms with Crippen LogP contribution in [0, 0.1) is 0 Å². The first-order valence-corrected chi connectivity index (χ1v) is 7.92. The fourth-order valence-corrected chi connectivity index (χ4v) is 2.89. The Balaban J connectivity index is 2.04. The summed E-state index contributed by atoms with van der Waals surface area (Å²) in [7, 11) is 0. The molecule has 5 nitrogen and oxygen atoms in total. The van der Waals surface area contributed by atoms with Crippen molar-refractivity contribution in [3.05, 3.63) is 89.1 Å². The van der Waals surface area contributed by atoms with Crippen LogP contribution < -0.4 is 16.7 Å². The van der Waals surface area contributed by atoms with Crippen LogP contribution in [0.2, 0.25) is 0 Å². The molecule has 4 rings (SSSR count). The van der Waals surface area contributed by atoms with Crippen molar-refractivity contribution in [2.75, 3.05) is 5.43 Å². The molecule has 122 valence electrons. The normalized spacial score (nSPS) is 10.8. The van der Waals surface area contributed by atoms with E-state index in [1.807, 2.05) is 65.2 Å². The lowest BCUT2D eigenvalue weighted by Crippen LogP contribution is -2.13. The monoisotopic (exact) mass is 328 g/mol. The minimum Gasteiger partial charge on any atom is -0.321 e.